The fourth-order valence-electron chi connectivity index (χ4n) is 2.39. The molecule has 0 bridgehead atoms. The topological polar surface area (TPSA) is 59.2 Å². The van der Waals surface area contributed by atoms with Gasteiger partial charge >= 0.3 is 0 Å². The van der Waals surface area contributed by atoms with Gasteiger partial charge in [-0.2, -0.15) is 4.52 Å². The summed E-state index contributed by atoms with van der Waals surface area (Å²) in [7, 11) is 0. The van der Waals surface area contributed by atoms with Crippen molar-refractivity contribution in [3.05, 3.63) is 12.4 Å². The van der Waals surface area contributed by atoms with Crippen molar-refractivity contribution in [3.63, 3.8) is 0 Å². The summed E-state index contributed by atoms with van der Waals surface area (Å²) in [6.45, 7) is 3.19. The predicted molar refractivity (Wildman–Crippen MR) is 64.2 cm³/mol. The van der Waals surface area contributed by atoms with Crippen LogP contribution in [-0.2, 0) is 0 Å². The SMILES string of the molecule is CC1CCN(c2cncc3nnnn23)C1CCl. The molecule has 0 N–H and O–H groups in total. The minimum Gasteiger partial charge on any atom is -0.351 e. The van der Waals surface area contributed by atoms with Gasteiger partial charge in [0.15, 0.2) is 11.5 Å². The molecule has 3 heterocycles. The highest BCUT2D eigenvalue weighted by atomic mass is 35.5. The van der Waals surface area contributed by atoms with E-state index in [2.05, 4.69) is 32.3 Å². The monoisotopic (exact) mass is 252 g/mol. The van der Waals surface area contributed by atoms with Crippen molar-refractivity contribution in [2.24, 2.45) is 5.92 Å². The van der Waals surface area contributed by atoms with E-state index < -0.39 is 0 Å². The zero-order valence-corrected chi connectivity index (χ0v) is 10.2. The van der Waals surface area contributed by atoms with Crippen molar-refractivity contribution < 1.29 is 0 Å². The Hall–Kier alpha value is -1.43. The summed E-state index contributed by atoms with van der Waals surface area (Å²) >= 11 is 6.05. The Kier molecular flexibility index (Phi) is 2.58. The molecule has 0 radical (unpaired) electrons. The van der Waals surface area contributed by atoms with E-state index in [-0.39, 0.29) is 0 Å². The van der Waals surface area contributed by atoms with Crippen molar-refractivity contribution in [1.82, 2.24) is 25.0 Å². The van der Waals surface area contributed by atoms with Crippen LogP contribution in [0.15, 0.2) is 12.4 Å². The van der Waals surface area contributed by atoms with Gasteiger partial charge in [0.2, 0.25) is 0 Å². The summed E-state index contributed by atoms with van der Waals surface area (Å²) in [5, 5.41) is 11.6. The molecule has 7 heteroatoms. The average molecular weight is 253 g/mol. The first-order valence-electron chi connectivity index (χ1n) is 5.66. The van der Waals surface area contributed by atoms with Crippen LogP contribution in [0.25, 0.3) is 5.65 Å². The van der Waals surface area contributed by atoms with Crippen LogP contribution in [0.3, 0.4) is 0 Å². The Labute approximate surface area is 104 Å². The molecule has 2 aromatic heterocycles. The van der Waals surface area contributed by atoms with Crippen LogP contribution in [0.5, 0.6) is 0 Å². The molecule has 2 aromatic rings. The summed E-state index contributed by atoms with van der Waals surface area (Å²) in [6.07, 6.45) is 4.58. The molecule has 1 aliphatic heterocycles. The first-order valence-corrected chi connectivity index (χ1v) is 6.19. The molecule has 1 aliphatic rings. The average Bonchev–Trinajstić information content (AvgIpc) is 2.94. The lowest BCUT2D eigenvalue weighted by Crippen LogP contribution is -2.35. The zero-order valence-electron chi connectivity index (χ0n) is 9.49. The number of fused-ring (bicyclic) bond motifs is 1. The number of alkyl halides is 1. The highest BCUT2D eigenvalue weighted by molar-refractivity contribution is 6.18. The first kappa shape index (κ1) is 10.7. The van der Waals surface area contributed by atoms with Crippen molar-refractivity contribution >= 4 is 23.1 Å². The largest absolute Gasteiger partial charge is 0.351 e. The number of hydrogen-bond donors (Lipinski definition) is 0. The Morgan fingerprint density at radius 2 is 2.35 bits per heavy atom. The van der Waals surface area contributed by atoms with Gasteiger partial charge in [0, 0.05) is 18.5 Å². The molecule has 6 nitrogen and oxygen atoms in total. The number of tetrazole rings is 1. The molecule has 2 atom stereocenters. The van der Waals surface area contributed by atoms with Crippen molar-refractivity contribution in [3.8, 4) is 0 Å². The van der Waals surface area contributed by atoms with E-state index in [4.69, 9.17) is 11.6 Å². The summed E-state index contributed by atoms with van der Waals surface area (Å²) in [5.74, 6) is 2.11. The summed E-state index contributed by atoms with van der Waals surface area (Å²) in [5.41, 5.74) is 0.662. The van der Waals surface area contributed by atoms with Crippen LogP contribution in [-0.4, -0.2) is 43.5 Å². The summed E-state index contributed by atoms with van der Waals surface area (Å²) in [6, 6.07) is 0.327. The maximum atomic E-state index is 6.05. The van der Waals surface area contributed by atoms with Crippen molar-refractivity contribution in [2.75, 3.05) is 17.3 Å². The Bertz CT molecular complexity index is 526. The molecule has 0 saturated carbocycles. The Morgan fingerprint density at radius 3 is 3.18 bits per heavy atom. The van der Waals surface area contributed by atoms with Crippen LogP contribution in [0.4, 0.5) is 5.82 Å². The Balaban J connectivity index is 2.06. The maximum Gasteiger partial charge on any atom is 0.199 e. The van der Waals surface area contributed by atoms with E-state index in [0.717, 1.165) is 18.8 Å². The van der Waals surface area contributed by atoms with Crippen LogP contribution in [0.1, 0.15) is 13.3 Å². The van der Waals surface area contributed by atoms with Gasteiger partial charge in [0.1, 0.15) is 0 Å². The number of aromatic nitrogens is 5. The normalized spacial score (nSPS) is 24.7. The number of halogens is 1. The number of hydrogen-bond acceptors (Lipinski definition) is 5. The molecule has 1 fully saturated rings. The number of nitrogens with zero attached hydrogens (tertiary/aromatic N) is 6. The quantitative estimate of drug-likeness (QED) is 0.746. The van der Waals surface area contributed by atoms with E-state index in [9.17, 15) is 0 Å². The number of rotatable bonds is 2. The molecular weight excluding hydrogens is 240 g/mol. The van der Waals surface area contributed by atoms with Gasteiger partial charge in [-0.05, 0) is 22.8 Å². The zero-order chi connectivity index (χ0) is 11.8. The van der Waals surface area contributed by atoms with Gasteiger partial charge in [-0.25, -0.2) is 0 Å². The van der Waals surface area contributed by atoms with E-state index in [0.29, 0.717) is 23.5 Å². The molecule has 90 valence electrons. The highest BCUT2D eigenvalue weighted by Crippen LogP contribution is 2.29. The minimum absolute atomic E-state index is 0.327. The molecule has 3 rings (SSSR count). The minimum atomic E-state index is 0.327. The van der Waals surface area contributed by atoms with Gasteiger partial charge in [-0.3, -0.25) is 4.98 Å². The van der Waals surface area contributed by atoms with E-state index >= 15 is 0 Å². The smallest absolute Gasteiger partial charge is 0.199 e. The molecule has 0 amide bonds. The first-order chi connectivity index (χ1) is 8.31. The third kappa shape index (κ3) is 1.63. The molecular formula is C10H13ClN6. The van der Waals surface area contributed by atoms with Gasteiger partial charge < -0.3 is 4.90 Å². The van der Waals surface area contributed by atoms with Gasteiger partial charge in [-0.1, -0.05) is 6.92 Å². The van der Waals surface area contributed by atoms with Crippen LogP contribution in [0, 0.1) is 5.92 Å². The van der Waals surface area contributed by atoms with Crippen molar-refractivity contribution in [2.45, 2.75) is 19.4 Å². The van der Waals surface area contributed by atoms with E-state index in [1.165, 1.54) is 0 Å². The third-order valence-electron chi connectivity index (χ3n) is 3.43. The van der Waals surface area contributed by atoms with Crippen LogP contribution < -0.4 is 4.90 Å². The fraction of sp³-hybridized carbons (Fsp3) is 0.600. The molecule has 2 unspecified atom stereocenters. The molecule has 0 aliphatic carbocycles. The van der Waals surface area contributed by atoms with Crippen LogP contribution in [0.2, 0.25) is 0 Å². The fourth-order valence-corrected chi connectivity index (χ4v) is 2.86. The second-order valence-electron chi connectivity index (χ2n) is 4.40. The number of anilines is 1. The molecule has 1 saturated heterocycles. The second-order valence-corrected chi connectivity index (χ2v) is 4.70. The standard InChI is InChI=1S/C10H13ClN6/c1-7-2-3-16(8(7)4-11)10-6-12-5-9-13-14-15-17(9)10/h5-8H,2-4H2,1H3. The van der Waals surface area contributed by atoms with Gasteiger partial charge in [0.25, 0.3) is 0 Å². The lowest BCUT2D eigenvalue weighted by molar-refractivity contribution is 0.546. The summed E-state index contributed by atoms with van der Waals surface area (Å²) < 4.78 is 1.71. The lowest BCUT2D eigenvalue weighted by atomic mass is 10.1. The Morgan fingerprint density at radius 1 is 1.47 bits per heavy atom. The third-order valence-corrected chi connectivity index (χ3v) is 3.74. The summed E-state index contributed by atoms with van der Waals surface area (Å²) in [4.78, 5) is 6.42. The van der Waals surface area contributed by atoms with E-state index in [1.807, 2.05) is 0 Å². The predicted octanol–water partition coefficient (Wildman–Crippen LogP) is 0.973. The van der Waals surface area contributed by atoms with Crippen molar-refractivity contribution in [1.29, 1.82) is 0 Å². The highest BCUT2D eigenvalue weighted by Gasteiger charge is 2.32. The van der Waals surface area contributed by atoms with Gasteiger partial charge in [-0.15, -0.1) is 16.7 Å². The second kappa shape index (κ2) is 4.10. The van der Waals surface area contributed by atoms with Crippen LogP contribution >= 0.6 is 11.6 Å². The lowest BCUT2D eigenvalue weighted by Gasteiger charge is -2.26. The maximum absolute atomic E-state index is 6.05. The van der Waals surface area contributed by atoms with E-state index in [1.54, 1.807) is 16.9 Å². The molecule has 17 heavy (non-hydrogen) atoms. The molecule has 0 spiro atoms. The van der Waals surface area contributed by atoms with Gasteiger partial charge in [0.05, 0.1) is 12.4 Å². The molecule has 0 aromatic carbocycles.